The first-order valence-corrected chi connectivity index (χ1v) is 10.9. The molecular formula is C23H21F3N2O2S. The Bertz CT molecular complexity index is 1050. The number of rotatable bonds is 7. The van der Waals surface area contributed by atoms with E-state index in [2.05, 4.69) is 4.98 Å². The van der Waals surface area contributed by atoms with Gasteiger partial charge in [-0.15, -0.1) is 11.3 Å². The summed E-state index contributed by atoms with van der Waals surface area (Å²) >= 11 is 1.48. The van der Waals surface area contributed by atoms with Gasteiger partial charge in [0.1, 0.15) is 12.4 Å². The molecule has 4 nitrogen and oxygen atoms in total. The van der Waals surface area contributed by atoms with Crippen molar-refractivity contribution in [2.45, 2.75) is 44.6 Å². The summed E-state index contributed by atoms with van der Waals surface area (Å²) in [5, 5.41) is 1.89. The number of halogens is 3. The average molecular weight is 446 g/mol. The van der Waals surface area contributed by atoms with E-state index in [-0.39, 0.29) is 11.9 Å². The largest absolute Gasteiger partial charge is 0.487 e. The minimum atomic E-state index is -4.42. The smallest absolute Gasteiger partial charge is 0.416 e. The predicted molar refractivity (Wildman–Crippen MR) is 112 cm³/mol. The Kier molecular flexibility index (Phi) is 6.00. The molecule has 1 fully saturated rings. The van der Waals surface area contributed by atoms with Gasteiger partial charge in [-0.2, -0.15) is 13.2 Å². The molecule has 0 saturated heterocycles. The fourth-order valence-electron chi connectivity index (χ4n) is 3.48. The number of ether oxygens (including phenoxy) is 1. The van der Waals surface area contributed by atoms with Crippen LogP contribution in [-0.2, 0) is 12.8 Å². The second kappa shape index (κ2) is 8.70. The molecule has 3 aromatic rings. The maximum atomic E-state index is 13.3. The van der Waals surface area contributed by atoms with Gasteiger partial charge in [-0.05, 0) is 55.7 Å². The molecular weight excluding hydrogens is 425 g/mol. The van der Waals surface area contributed by atoms with Crippen LogP contribution in [0.1, 0.15) is 53.0 Å². The van der Waals surface area contributed by atoms with E-state index in [1.165, 1.54) is 17.4 Å². The number of carbonyl (C=O) groups excluding carboxylic acids is 1. The normalized spacial score (nSPS) is 14.8. The van der Waals surface area contributed by atoms with E-state index >= 15 is 0 Å². The summed E-state index contributed by atoms with van der Waals surface area (Å²) in [7, 11) is 0. The number of hydrogen-bond acceptors (Lipinski definition) is 4. The zero-order valence-electron chi connectivity index (χ0n) is 16.8. The van der Waals surface area contributed by atoms with E-state index in [0.29, 0.717) is 23.5 Å². The van der Waals surface area contributed by atoms with Crippen LogP contribution in [0.3, 0.4) is 0 Å². The number of nitrogens with zero attached hydrogens (tertiary/aromatic N) is 2. The number of carbonyl (C=O) groups is 1. The lowest BCUT2D eigenvalue weighted by atomic mass is 10.0. The number of thiazole rings is 1. The number of alkyl halides is 3. The first-order valence-electron chi connectivity index (χ1n) is 9.92. The number of amides is 1. The minimum Gasteiger partial charge on any atom is -0.487 e. The van der Waals surface area contributed by atoms with Gasteiger partial charge in [0, 0.05) is 17.0 Å². The summed E-state index contributed by atoms with van der Waals surface area (Å²) in [6.45, 7) is 2.07. The van der Waals surface area contributed by atoms with Crippen LogP contribution in [0.4, 0.5) is 13.2 Å². The van der Waals surface area contributed by atoms with Gasteiger partial charge < -0.3 is 9.64 Å². The van der Waals surface area contributed by atoms with Gasteiger partial charge >= 0.3 is 6.18 Å². The van der Waals surface area contributed by atoms with Crippen molar-refractivity contribution in [1.29, 1.82) is 0 Å². The fourth-order valence-corrected chi connectivity index (χ4v) is 4.02. The van der Waals surface area contributed by atoms with E-state index in [1.807, 2.05) is 5.38 Å². The predicted octanol–water partition coefficient (Wildman–Crippen LogP) is 6.11. The van der Waals surface area contributed by atoms with Gasteiger partial charge in [0.2, 0.25) is 0 Å². The fraction of sp³-hybridized carbons (Fsp3) is 0.304. The Morgan fingerprint density at radius 3 is 2.68 bits per heavy atom. The van der Waals surface area contributed by atoms with Gasteiger partial charge in [-0.25, -0.2) is 4.98 Å². The zero-order chi connectivity index (χ0) is 22.0. The molecule has 1 aliphatic carbocycles. The Hall–Kier alpha value is -2.87. The summed E-state index contributed by atoms with van der Waals surface area (Å²) < 4.78 is 45.2. The molecule has 1 saturated carbocycles. The van der Waals surface area contributed by atoms with E-state index in [0.717, 1.165) is 30.7 Å². The molecule has 162 valence electrons. The molecule has 0 N–H and O–H groups in total. The molecule has 1 aromatic heterocycles. The summed E-state index contributed by atoms with van der Waals surface area (Å²) in [5.74, 6) is 0.327. The third kappa shape index (κ3) is 5.07. The van der Waals surface area contributed by atoms with Crippen molar-refractivity contribution in [2.24, 2.45) is 0 Å². The summed E-state index contributed by atoms with van der Waals surface area (Å²) in [4.78, 5) is 19.2. The monoisotopic (exact) mass is 446 g/mol. The van der Waals surface area contributed by atoms with E-state index in [1.54, 1.807) is 47.7 Å². The van der Waals surface area contributed by atoms with Crippen LogP contribution in [0.15, 0.2) is 59.4 Å². The highest BCUT2D eigenvalue weighted by molar-refractivity contribution is 7.07. The van der Waals surface area contributed by atoms with Crippen LogP contribution in [-0.4, -0.2) is 21.8 Å². The van der Waals surface area contributed by atoms with Gasteiger partial charge in [-0.3, -0.25) is 4.79 Å². The quantitative estimate of drug-likeness (QED) is 0.440. The molecule has 31 heavy (non-hydrogen) atoms. The first-order chi connectivity index (χ1) is 14.8. The Morgan fingerprint density at radius 1 is 1.23 bits per heavy atom. The van der Waals surface area contributed by atoms with E-state index in [9.17, 15) is 18.0 Å². The van der Waals surface area contributed by atoms with Crippen LogP contribution in [0.5, 0.6) is 5.75 Å². The molecule has 1 heterocycles. The molecule has 1 atom stereocenters. The van der Waals surface area contributed by atoms with Gasteiger partial charge in [0.25, 0.3) is 5.91 Å². The molecule has 0 spiro atoms. The zero-order valence-corrected chi connectivity index (χ0v) is 17.6. The lowest BCUT2D eigenvalue weighted by Gasteiger charge is -2.30. The first kappa shape index (κ1) is 21.4. The van der Waals surface area contributed by atoms with Gasteiger partial charge in [0.05, 0.1) is 22.8 Å². The summed E-state index contributed by atoms with van der Waals surface area (Å²) in [5.41, 5.74) is 2.73. The maximum Gasteiger partial charge on any atom is 0.416 e. The summed E-state index contributed by atoms with van der Waals surface area (Å²) in [6.07, 6.45) is -2.74. The molecule has 2 aromatic carbocycles. The highest BCUT2D eigenvalue weighted by atomic mass is 32.1. The van der Waals surface area contributed by atoms with E-state index in [4.69, 9.17) is 4.74 Å². The molecule has 1 unspecified atom stereocenters. The van der Waals surface area contributed by atoms with Crippen LogP contribution in [0.25, 0.3) is 0 Å². The number of benzene rings is 2. The minimum absolute atomic E-state index is 0.0247. The van der Waals surface area contributed by atoms with Crippen molar-refractivity contribution < 1.29 is 22.7 Å². The van der Waals surface area contributed by atoms with Crippen molar-refractivity contribution in [3.8, 4) is 5.75 Å². The summed E-state index contributed by atoms with van der Waals surface area (Å²) in [6, 6.07) is 11.6. The molecule has 8 heteroatoms. The van der Waals surface area contributed by atoms with Crippen LogP contribution < -0.4 is 4.74 Å². The van der Waals surface area contributed by atoms with Crippen molar-refractivity contribution >= 4 is 17.2 Å². The van der Waals surface area contributed by atoms with Crippen LogP contribution in [0, 0.1) is 0 Å². The number of hydrogen-bond donors (Lipinski definition) is 0. The second-order valence-corrected chi connectivity index (χ2v) is 8.26. The van der Waals surface area contributed by atoms with Crippen molar-refractivity contribution in [3.05, 3.63) is 81.8 Å². The average Bonchev–Trinajstić information content (AvgIpc) is 3.45. The lowest BCUT2D eigenvalue weighted by molar-refractivity contribution is -0.137. The molecule has 4 rings (SSSR count). The van der Waals surface area contributed by atoms with Crippen LogP contribution in [0.2, 0.25) is 0 Å². The van der Waals surface area contributed by atoms with Crippen LogP contribution >= 0.6 is 11.3 Å². The van der Waals surface area contributed by atoms with Crippen molar-refractivity contribution in [1.82, 2.24) is 9.88 Å². The molecule has 0 bridgehead atoms. The Balaban J connectivity index is 1.55. The van der Waals surface area contributed by atoms with Crippen molar-refractivity contribution in [2.75, 3.05) is 0 Å². The topological polar surface area (TPSA) is 42.4 Å². The molecule has 1 aliphatic rings. The maximum absolute atomic E-state index is 13.3. The highest BCUT2D eigenvalue weighted by Gasteiger charge is 2.38. The van der Waals surface area contributed by atoms with Crippen molar-refractivity contribution in [3.63, 3.8) is 0 Å². The standard InChI is InChI=1S/C23H21F3N2O2S/c1-15(16-4-2-6-18(10-16)23(24,25)26)28(20-8-9-20)22(29)17-5-3-7-21(11-17)30-12-19-13-31-14-27-19/h2-7,10-11,13-15,20H,8-9,12H2,1H3. The van der Waals surface area contributed by atoms with Gasteiger partial charge in [0.15, 0.2) is 0 Å². The highest BCUT2D eigenvalue weighted by Crippen LogP contribution is 2.37. The molecule has 1 amide bonds. The Morgan fingerprint density at radius 2 is 2.00 bits per heavy atom. The lowest BCUT2D eigenvalue weighted by Crippen LogP contribution is -2.35. The van der Waals surface area contributed by atoms with E-state index < -0.39 is 17.8 Å². The van der Waals surface area contributed by atoms with Gasteiger partial charge in [-0.1, -0.05) is 18.2 Å². The molecule has 0 aliphatic heterocycles. The second-order valence-electron chi connectivity index (χ2n) is 7.54. The third-order valence-electron chi connectivity index (χ3n) is 5.24. The molecule has 0 radical (unpaired) electrons. The SMILES string of the molecule is CC(c1cccc(C(F)(F)F)c1)N(C(=O)c1cccc(OCc2cscn2)c1)C1CC1. The Labute approximate surface area is 182 Å². The number of aromatic nitrogens is 1. The third-order valence-corrected chi connectivity index (χ3v) is 5.87.